The molecule has 0 aliphatic carbocycles. The van der Waals surface area contributed by atoms with E-state index in [9.17, 15) is 4.79 Å². The highest BCUT2D eigenvalue weighted by Gasteiger charge is 2.28. The topological polar surface area (TPSA) is 49.6 Å². The van der Waals surface area contributed by atoms with Crippen molar-refractivity contribution in [2.24, 2.45) is 5.92 Å². The van der Waals surface area contributed by atoms with E-state index in [0.717, 1.165) is 23.9 Å². The maximum atomic E-state index is 12.2. The summed E-state index contributed by atoms with van der Waals surface area (Å²) in [5.41, 5.74) is 6.85. The van der Waals surface area contributed by atoms with E-state index in [1.807, 2.05) is 6.26 Å². The third kappa shape index (κ3) is 2.76. The quantitative estimate of drug-likeness (QED) is 0.868. The van der Waals surface area contributed by atoms with Gasteiger partial charge < -0.3 is 15.5 Å². The normalized spacial score (nSPS) is 18.6. The molecule has 1 aliphatic rings. The molecule has 1 saturated heterocycles. The van der Waals surface area contributed by atoms with Gasteiger partial charge in [0.2, 0.25) is 0 Å². The highest BCUT2D eigenvalue weighted by Crippen LogP contribution is 2.45. The first-order valence-corrected chi connectivity index (χ1v) is 8.96. The number of thiophene rings is 1. The molecule has 112 valence electrons. The number of nitrogens with two attached hydrogens (primary N) is 1. The Kier molecular flexibility index (Phi) is 4.86. The first-order valence-electron chi connectivity index (χ1n) is 6.92. The van der Waals surface area contributed by atoms with Gasteiger partial charge in [-0.2, -0.15) is 0 Å². The molecule has 1 atom stereocenters. The Balaban J connectivity index is 2.34. The minimum absolute atomic E-state index is 0.000267. The van der Waals surface area contributed by atoms with E-state index in [0.29, 0.717) is 10.6 Å². The van der Waals surface area contributed by atoms with Crippen LogP contribution in [0.3, 0.4) is 0 Å². The van der Waals surface area contributed by atoms with Gasteiger partial charge in [-0.05, 0) is 18.6 Å². The van der Waals surface area contributed by atoms with Crippen molar-refractivity contribution in [3.05, 3.63) is 4.88 Å². The summed E-state index contributed by atoms with van der Waals surface area (Å²) in [5.74, 6) is 0.765. The molecule has 1 fully saturated rings. The summed E-state index contributed by atoms with van der Waals surface area (Å²) in [6, 6.07) is 0. The number of hydrogen-bond acceptors (Lipinski definition) is 5. The molecule has 20 heavy (non-hydrogen) atoms. The van der Waals surface area contributed by atoms with Crippen LogP contribution in [0, 0.1) is 5.92 Å². The van der Waals surface area contributed by atoms with Crippen molar-refractivity contribution in [1.29, 1.82) is 0 Å². The summed E-state index contributed by atoms with van der Waals surface area (Å²) in [6.07, 6.45) is 4.48. The largest absolute Gasteiger partial charge is 0.396 e. The fourth-order valence-corrected chi connectivity index (χ4v) is 4.77. The Morgan fingerprint density at radius 3 is 2.75 bits per heavy atom. The summed E-state index contributed by atoms with van der Waals surface area (Å²) in [7, 11) is 3.53. The van der Waals surface area contributed by atoms with Gasteiger partial charge in [-0.1, -0.05) is 13.3 Å². The van der Waals surface area contributed by atoms with Gasteiger partial charge in [0.05, 0.1) is 10.6 Å². The molecule has 2 rings (SSSR count). The van der Waals surface area contributed by atoms with E-state index in [1.165, 1.54) is 17.8 Å². The molecule has 1 unspecified atom stereocenters. The van der Waals surface area contributed by atoms with Crippen molar-refractivity contribution < 1.29 is 4.79 Å². The van der Waals surface area contributed by atoms with Crippen LogP contribution in [0.15, 0.2) is 4.90 Å². The number of hydrogen-bond donors (Lipinski definition) is 1. The number of thioether (sulfide) groups is 1. The number of carbonyl (C=O) groups is 1. The van der Waals surface area contributed by atoms with Gasteiger partial charge in [0.1, 0.15) is 9.88 Å². The molecule has 0 spiro atoms. The van der Waals surface area contributed by atoms with Crippen LogP contribution in [0.1, 0.15) is 29.4 Å². The van der Waals surface area contributed by atoms with Gasteiger partial charge in [0, 0.05) is 27.2 Å². The predicted octanol–water partition coefficient (Wildman–Crippen LogP) is 2.99. The smallest absolute Gasteiger partial charge is 0.265 e. The van der Waals surface area contributed by atoms with E-state index in [-0.39, 0.29) is 5.91 Å². The number of nitrogen functional groups attached to an aromatic ring is 1. The Morgan fingerprint density at radius 1 is 1.55 bits per heavy atom. The zero-order chi connectivity index (χ0) is 14.9. The van der Waals surface area contributed by atoms with Crippen molar-refractivity contribution in [2.75, 3.05) is 44.1 Å². The number of amides is 1. The number of nitrogens with zero attached hydrogens (tertiary/aromatic N) is 2. The Bertz CT molecular complexity index is 499. The van der Waals surface area contributed by atoms with Gasteiger partial charge in [0.25, 0.3) is 5.91 Å². The monoisotopic (exact) mass is 313 g/mol. The highest BCUT2D eigenvalue weighted by atomic mass is 32.2. The molecule has 0 aromatic carbocycles. The molecule has 4 nitrogen and oxygen atoms in total. The Morgan fingerprint density at radius 2 is 2.25 bits per heavy atom. The van der Waals surface area contributed by atoms with Crippen molar-refractivity contribution >= 4 is 39.7 Å². The molecule has 1 aromatic rings. The fourth-order valence-electron chi connectivity index (χ4n) is 2.53. The zero-order valence-corrected chi connectivity index (χ0v) is 14.2. The molecule has 0 saturated carbocycles. The van der Waals surface area contributed by atoms with Crippen LogP contribution in [-0.4, -0.2) is 44.2 Å². The second-order valence-corrected chi connectivity index (χ2v) is 7.21. The van der Waals surface area contributed by atoms with Crippen molar-refractivity contribution in [2.45, 2.75) is 24.7 Å². The summed E-state index contributed by atoms with van der Waals surface area (Å²) >= 11 is 3.19. The first kappa shape index (κ1) is 15.5. The van der Waals surface area contributed by atoms with Crippen molar-refractivity contribution in [1.82, 2.24) is 4.90 Å². The van der Waals surface area contributed by atoms with Crippen LogP contribution >= 0.6 is 23.1 Å². The van der Waals surface area contributed by atoms with Crippen LogP contribution in [0.4, 0.5) is 10.7 Å². The van der Waals surface area contributed by atoms with Crippen LogP contribution < -0.4 is 10.6 Å². The lowest BCUT2D eigenvalue weighted by molar-refractivity contribution is 0.0833. The Hall–Kier alpha value is -0.880. The van der Waals surface area contributed by atoms with Gasteiger partial charge in [-0.15, -0.1) is 23.1 Å². The van der Waals surface area contributed by atoms with E-state index in [2.05, 4.69) is 11.8 Å². The number of rotatable bonds is 4. The third-order valence-corrected chi connectivity index (χ3v) is 6.04. The minimum Gasteiger partial charge on any atom is -0.396 e. The van der Waals surface area contributed by atoms with Crippen LogP contribution in [-0.2, 0) is 0 Å². The number of carbonyl (C=O) groups excluding carboxylic acids is 1. The van der Waals surface area contributed by atoms with Crippen LogP contribution in [0.25, 0.3) is 0 Å². The second-order valence-electron chi connectivity index (χ2n) is 5.39. The number of anilines is 2. The molecule has 6 heteroatoms. The lowest BCUT2D eigenvalue weighted by atomic mass is 10.1. The summed E-state index contributed by atoms with van der Waals surface area (Å²) in [4.78, 5) is 17.9. The molecular formula is C14H23N3OS2. The van der Waals surface area contributed by atoms with E-state index in [1.54, 1.807) is 42.1 Å². The molecule has 0 bridgehead atoms. The Labute approximate surface area is 129 Å². The van der Waals surface area contributed by atoms with E-state index < -0.39 is 0 Å². The van der Waals surface area contributed by atoms with Crippen LogP contribution in [0.2, 0.25) is 0 Å². The molecule has 0 radical (unpaired) electrons. The molecule has 1 aromatic heterocycles. The maximum absolute atomic E-state index is 12.2. The lowest BCUT2D eigenvalue weighted by Gasteiger charge is -2.17. The molecule has 1 amide bonds. The van der Waals surface area contributed by atoms with E-state index >= 15 is 0 Å². The predicted molar refractivity (Wildman–Crippen MR) is 89.1 cm³/mol. The zero-order valence-electron chi connectivity index (χ0n) is 12.6. The first-order chi connectivity index (χ1) is 9.49. The van der Waals surface area contributed by atoms with Crippen LogP contribution in [0.5, 0.6) is 0 Å². The molecule has 2 heterocycles. The minimum atomic E-state index is 0.000267. The van der Waals surface area contributed by atoms with Gasteiger partial charge in [-0.3, -0.25) is 4.79 Å². The molecule has 2 N–H and O–H groups in total. The standard InChI is InChI=1S/C14H23N3OS2/c1-5-9-6-7-17(8-9)14-12(19-4)10(15)11(20-14)13(18)16(2)3/h9H,5-8,15H2,1-4H3. The highest BCUT2D eigenvalue weighted by molar-refractivity contribution is 7.99. The molecular weight excluding hydrogens is 290 g/mol. The van der Waals surface area contributed by atoms with Gasteiger partial charge in [-0.25, -0.2) is 0 Å². The summed E-state index contributed by atoms with van der Waals surface area (Å²) in [5, 5.41) is 1.18. The average Bonchev–Trinajstić information content (AvgIpc) is 3.01. The average molecular weight is 313 g/mol. The van der Waals surface area contributed by atoms with Gasteiger partial charge in [0.15, 0.2) is 0 Å². The van der Waals surface area contributed by atoms with Crippen molar-refractivity contribution in [3.8, 4) is 0 Å². The second kappa shape index (κ2) is 6.26. The SMILES string of the molecule is CCC1CCN(c2sc(C(=O)N(C)C)c(N)c2SC)C1. The lowest BCUT2D eigenvalue weighted by Crippen LogP contribution is -2.21. The van der Waals surface area contributed by atoms with E-state index in [4.69, 9.17) is 5.73 Å². The third-order valence-electron chi connectivity index (χ3n) is 3.84. The summed E-state index contributed by atoms with van der Waals surface area (Å²) < 4.78 is 0. The maximum Gasteiger partial charge on any atom is 0.265 e. The summed E-state index contributed by atoms with van der Waals surface area (Å²) in [6.45, 7) is 4.40. The van der Waals surface area contributed by atoms with Gasteiger partial charge >= 0.3 is 0 Å². The van der Waals surface area contributed by atoms with Crippen molar-refractivity contribution in [3.63, 3.8) is 0 Å². The molecule has 1 aliphatic heterocycles. The fraction of sp³-hybridized carbons (Fsp3) is 0.643.